The van der Waals surface area contributed by atoms with Crippen LogP contribution in [0.1, 0.15) is 17.7 Å². The number of nitrogens with one attached hydrogen (secondary N) is 1. The first-order valence-electron chi connectivity index (χ1n) is 5.55. The molecule has 0 radical (unpaired) electrons. The van der Waals surface area contributed by atoms with Crippen LogP contribution in [0.3, 0.4) is 0 Å². The van der Waals surface area contributed by atoms with E-state index in [1.165, 1.54) is 0 Å². The van der Waals surface area contributed by atoms with Crippen molar-refractivity contribution in [1.82, 2.24) is 4.98 Å². The number of nitrogens with zero attached hydrogens (tertiary/aromatic N) is 2. The average molecular weight is 233 g/mol. The van der Waals surface area contributed by atoms with E-state index in [4.69, 9.17) is 10.00 Å². The van der Waals surface area contributed by atoms with Crippen molar-refractivity contribution in [3.05, 3.63) is 23.4 Å². The number of anilines is 1. The molecule has 1 aromatic heterocycles. The number of aliphatic hydroxyl groups is 1. The number of rotatable bonds is 3. The van der Waals surface area contributed by atoms with Gasteiger partial charge in [0.05, 0.1) is 12.2 Å². The van der Waals surface area contributed by atoms with Crippen LogP contribution in [-0.4, -0.2) is 35.5 Å². The van der Waals surface area contributed by atoms with Crippen molar-refractivity contribution in [2.75, 3.05) is 25.1 Å². The molecule has 1 aromatic rings. The average Bonchev–Trinajstić information content (AvgIpc) is 2.74. The first-order valence-corrected chi connectivity index (χ1v) is 5.55. The van der Waals surface area contributed by atoms with Crippen LogP contribution in [0.15, 0.2) is 12.1 Å². The number of nitriles is 1. The van der Waals surface area contributed by atoms with Gasteiger partial charge in [-0.25, -0.2) is 4.98 Å². The second kappa shape index (κ2) is 4.70. The van der Waals surface area contributed by atoms with Crippen molar-refractivity contribution in [3.63, 3.8) is 0 Å². The van der Waals surface area contributed by atoms with E-state index in [-0.39, 0.29) is 0 Å². The van der Waals surface area contributed by atoms with E-state index >= 15 is 0 Å². The van der Waals surface area contributed by atoms with E-state index in [1.54, 1.807) is 12.1 Å². The van der Waals surface area contributed by atoms with Crippen LogP contribution in [0.5, 0.6) is 0 Å². The summed E-state index contributed by atoms with van der Waals surface area (Å²) in [6.45, 7) is 3.11. The van der Waals surface area contributed by atoms with Crippen LogP contribution in [0.2, 0.25) is 0 Å². The van der Waals surface area contributed by atoms with E-state index in [1.807, 2.05) is 6.92 Å². The molecule has 2 heterocycles. The second-order valence-corrected chi connectivity index (χ2v) is 4.34. The third-order valence-corrected chi connectivity index (χ3v) is 2.82. The van der Waals surface area contributed by atoms with Gasteiger partial charge in [-0.2, -0.15) is 5.26 Å². The zero-order valence-corrected chi connectivity index (χ0v) is 9.73. The molecule has 0 amide bonds. The number of pyridine rings is 1. The van der Waals surface area contributed by atoms with Crippen LogP contribution in [0.4, 0.5) is 5.82 Å². The molecule has 1 atom stereocenters. The molecule has 1 saturated heterocycles. The first-order chi connectivity index (χ1) is 8.13. The standard InChI is InChI=1S/C12H15N3O2/c1-9-2-3-10(6-13)11(15-9)14-7-12(16)4-5-17-8-12/h2-3,16H,4-5,7-8H2,1H3,(H,14,15). The van der Waals surface area contributed by atoms with Gasteiger partial charge < -0.3 is 15.2 Å². The van der Waals surface area contributed by atoms with Gasteiger partial charge in [0, 0.05) is 25.3 Å². The highest BCUT2D eigenvalue weighted by Crippen LogP contribution is 2.20. The number of ether oxygens (including phenoxy) is 1. The summed E-state index contributed by atoms with van der Waals surface area (Å²) in [6.07, 6.45) is 0.605. The summed E-state index contributed by atoms with van der Waals surface area (Å²) in [5.41, 5.74) is 0.470. The highest BCUT2D eigenvalue weighted by molar-refractivity contribution is 5.52. The lowest BCUT2D eigenvalue weighted by atomic mass is 10.0. The predicted octanol–water partition coefficient (Wildman–Crippen LogP) is 0.825. The van der Waals surface area contributed by atoms with Crippen molar-refractivity contribution < 1.29 is 9.84 Å². The number of hydrogen-bond acceptors (Lipinski definition) is 5. The maximum absolute atomic E-state index is 10.1. The van der Waals surface area contributed by atoms with E-state index in [9.17, 15) is 5.11 Å². The molecule has 90 valence electrons. The monoisotopic (exact) mass is 233 g/mol. The fraction of sp³-hybridized carbons (Fsp3) is 0.500. The highest BCUT2D eigenvalue weighted by atomic mass is 16.5. The molecule has 0 aliphatic carbocycles. The van der Waals surface area contributed by atoms with Crippen molar-refractivity contribution >= 4 is 5.82 Å². The molecule has 1 aliphatic heterocycles. The fourth-order valence-corrected chi connectivity index (χ4v) is 1.77. The molecule has 2 rings (SSSR count). The van der Waals surface area contributed by atoms with Crippen LogP contribution in [0, 0.1) is 18.3 Å². The summed E-state index contributed by atoms with van der Waals surface area (Å²) in [4.78, 5) is 4.25. The van der Waals surface area contributed by atoms with Gasteiger partial charge in [-0.05, 0) is 19.1 Å². The van der Waals surface area contributed by atoms with Crippen LogP contribution >= 0.6 is 0 Å². The Morgan fingerprint density at radius 1 is 1.65 bits per heavy atom. The molecule has 0 bridgehead atoms. The quantitative estimate of drug-likeness (QED) is 0.808. The van der Waals surface area contributed by atoms with Gasteiger partial charge in [-0.1, -0.05) is 0 Å². The van der Waals surface area contributed by atoms with E-state index in [0.717, 1.165) is 5.69 Å². The minimum Gasteiger partial charge on any atom is -0.386 e. The Hall–Kier alpha value is -1.64. The molecule has 0 aromatic carbocycles. The van der Waals surface area contributed by atoms with Gasteiger partial charge in [0.25, 0.3) is 0 Å². The molecule has 0 spiro atoms. The summed E-state index contributed by atoms with van der Waals surface area (Å²) in [5, 5.41) is 22.1. The molecule has 1 fully saturated rings. The molecule has 1 unspecified atom stereocenters. The molecular weight excluding hydrogens is 218 g/mol. The van der Waals surface area contributed by atoms with E-state index < -0.39 is 5.60 Å². The Bertz CT molecular complexity index is 448. The van der Waals surface area contributed by atoms with Gasteiger partial charge >= 0.3 is 0 Å². The Morgan fingerprint density at radius 2 is 2.47 bits per heavy atom. The predicted molar refractivity (Wildman–Crippen MR) is 62.6 cm³/mol. The summed E-state index contributed by atoms with van der Waals surface area (Å²) in [5.74, 6) is 0.521. The van der Waals surface area contributed by atoms with Crippen molar-refractivity contribution in [2.45, 2.75) is 18.9 Å². The van der Waals surface area contributed by atoms with Gasteiger partial charge in [-0.15, -0.1) is 0 Å². The minimum atomic E-state index is -0.849. The van der Waals surface area contributed by atoms with Gasteiger partial charge in [0.15, 0.2) is 0 Å². The van der Waals surface area contributed by atoms with E-state index in [2.05, 4.69) is 16.4 Å². The lowest BCUT2D eigenvalue weighted by Gasteiger charge is -2.21. The second-order valence-electron chi connectivity index (χ2n) is 4.34. The number of aryl methyl sites for hydroxylation is 1. The highest BCUT2D eigenvalue weighted by Gasteiger charge is 2.32. The van der Waals surface area contributed by atoms with Crippen LogP contribution in [0.25, 0.3) is 0 Å². The van der Waals surface area contributed by atoms with Gasteiger partial charge in [0.1, 0.15) is 17.5 Å². The molecule has 1 aliphatic rings. The minimum absolute atomic E-state index is 0.327. The fourth-order valence-electron chi connectivity index (χ4n) is 1.77. The smallest absolute Gasteiger partial charge is 0.144 e. The molecular formula is C12H15N3O2. The zero-order chi connectivity index (χ0) is 12.3. The maximum atomic E-state index is 10.1. The molecule has 2 N–H and O–H groups in total. The van der Waals surface area contributed by atoms with Crippen molar-refractivity contribution in [3.8, 4) is 6.07 Å². The number of aromatic nitrogens is 1. The third kappa shape index (κ3) is 2.73. The molecule has 0 saturated carbocycles. The third-order valence-electron chi connectivity index (χ3n) is 2.82. The summed E-state index contributed by atoms with van der Waals surface area (Å²) in [7, 11) is 0. The topological polar surface area (TPSA) is 78.2 Å². The van der Waals surface area contributed by atoms with Crippen LogP contribution in [-0.2, 0) is 4.74 Å². The lowest BCUT2D eigenvalue weighted by Crippen LogP contribution is -2.37. The normalized spacial score (nSPS) is 23.4. The lowest BCUT2D eigenvalue weighted by molar-refractivity contribution is 0.0381. The Balaban J connectivity index is 2.08. The first kappa shape index (κ1) is 11.8. The van der Waals surface area contributed by atoms with E-state index in [0.29, 0.717) is 37.6 Å². The Morgan fingerprint density at radius 3 is 3.12 bits per heavy atom. The van der Waals surface area contributed by atoms with Crippen LogP contribution < -0.4 is 5.32 Å². The number of hydrogen-bond donors (Lipinski definition) is 2. The summed E-state index contributed by atoms with van der Waals surface area (Å²) < 4.78 is 5.15. The summed E-state index contributed by atoms with van der Waals surface area (Å²) >= 11 is 0. The molecule has 5 heteroatoms. The molecule has 17 heavy (non-hydrogen) atoms. The Kier molecular flexibility index (Phi) is 3.27. The largest absolute Gasteiger partial charge is 0.386 e. The maximum Gasteiger partial charge on any atom is 0.144 e. The zero-order valence-electron chi connectivity index (χ0n) is 9.73. The molecule has 5 nitrogen and oxygen atoms in total. The SMILES string of the molecule is Cc1ccc(C#N)c(NCC2(O)CCOC2)n1. The Labute approximate surface area is 100 Å². The van der Waals surface area contributed by atoms with Crippen molar-refractivity contribution in [1.29, 1.82) is 5.26 Å². The van der Waals surface area contributed by atoms with Gasteiger partial charge in [0.2, 0.25) is 0 Å². The van der Waals surface area contributed by atoms with Crippen molar-refractivity contribution in [2.24, 2.45) is 0 Å². The summed E-state index contributed by atoms with van der Waals surface area (Å²) in [6, 6.07) is 5.58. The van der Waals surface area contributed by atoms with Gasteiger partial charge in [-0.3, -0.25) is 0 Å².